The number of para-hydroxylation sites is 2. The van der Waals surface area contributed by atoms with Gasteiger partial charge in [-0.25, -0.2) is 0 Å². The van der Waals surface area contributed by atoms with E-state index in [1.54, 1.807) is 0 Å². The summed E-state index contributed by atoms with van der Waals surface area (Å²) in [6.45, 7) is 0. The van der Waals surface area contributed by atoms with Crippen LogP contribution >= 0.6 is 15.9 Å². The maximum absolute atomic E-state index is 3.60. The van der Waals surface area contributed by atoms with Crippen molar-refractivity contribution in [3.05, 3.63) is 24.3 Å². The zero-order valence-corrected chi connectivity index (χ0v) is 8.75. The second-order valence-electron chi connectivity index (χ2n) is 3.02. The Bertz CT molecular complexity index is 271. The first-order valence-corrected chi connectivity index (χ1v) is 4.82. The third kappa shape index (κ3) is 0.926. The van der Waals surface area contributed by atoms with Crippen LogP contribution in [-0.2, 0) is 0 Å². The maximum atomic E-state index is 3.60. The van der Waals surface area contributed by atoms with Crippen LogP contribution in [0.4, 0.5) is 11.4 Å². The zero-order valence-electron chi connectivity index (χ0n) is 7.16. The largest absolute Gasteiger partial charge is 0.344 e. The number of benzene rings is 1. The van der Waals surface area contributed by atoms with Gasteiger partial charge in [0, 0.05) is 14.1 Å². The minimum Gasteiger partial charge on any atom is -0.344 e. The summed E-state index contributed by atoms with van der Waals surface area (Å²) in [5, 5.41) is 0.287. The van der Waals surface area contributed by atoms with E-state index in [1.807, 2.05) is 0 Å². The molecule has 0 N–H and O–H groups in total. The van der Waals surface area contributed by atoms with Gasteiger partial charge >= 0.3 is 0 Å². The predicted octanol–water partition coefficient (Wildman–Crippen LogP) is 2.25. The van der Waals surface area contributed by atoms with Gasteiger partial charge in [0.15, 0.2) is 5.08 Å². The molecule has 0 radical (unpaired) electrons. The molecule has 0 atom stereocenters. The van der Waals surface area contributed by atoms with Gasteiger partial charge in [-0.3, -0.25) is 0 Å². The van der Waals surface area contributed by atoms with Crippen LogP contribution < -0.4 is 9.80 Å². The van der Waals surface area contributed by atoms with Crippen molar-refractivity contribution < 1.29 is 0 Å². The molecule has 2 nitrogen and oxygen atoms in total. The van der Waals surface area contributed by atoms with Crippen molar-refractivity contribution in [2.45, 2.75) is 5.08 Å². The summed E-state index contributed by atoms with van der Waals surface area (Å²) in [6.07, 6.45) is 0. The molecule has 0 unspecified atom stereocenters. The quantitative estimate of drug-likeness (QED) is 0.495. The summed E-state index contributed by atoms with van der Waals surface area (Å²) >= 11 is 3.60. The van der Waals surface area contributed by atoms with E-state index in [0.29, 0.717) is 0 Å². The third-order valence-corrected chi connectivity index (χ3v) is 3.51. The lowest BCUT2D eigenvalue weighted by Gasteiger charge is -2.21. The van der Waals surface area contributed by atoms with Gasteiger partial charge < -0.3 is 9.80 Å². The Hall–Kier alpha value is -0.700. The summed E-state index contributed by atoms with van der Waals surface area (Å²) in [5.74, 6) is 0. The molecule has 0 saturated heterocycles. The van der Waals surface area contributed by atoms with Gasteiger partial charge in [0.1, 0.15) is 0 Å². The van der Waals surface area contributed by atoms with Crippen molar-refractivity contribution in [1.29, 1.82) is 0 Å². The van der Waals surface area contributed by atoms with E-state index in [0.717, 1.165) is 0 Å². The van der Waals surface area contributed by atoms with Crippen LogP contribution in [0.25, 0.3) is 0 Å². The number of fused-ring (bicyclic) bond motifs is 1. The fourth-order valence-corrected chi connectivity index (χ4v) is 1.99. The van der Waals surface area contributed by atoms with Gasteiger partial charge in [0.05, 0.1) is 11.4 Å². The van der Waals surface area contributed by atoms with E-state index >= 15 is 0 Å². The lowest BCUT2D eigenvalue weighted by molar-refractivity contribution is 0.870. The summed E-state index contributed by atoms with van der Waals surface area (Å²) in [6, 6.07) is 8.39. The highest BCUT2D eigenvalue weighted by molar-refractivity contribution is 9.09. The molecule has 0 aromatic heterocycles. The molecular weight excluding hydrogens is 216 g/mol. The minimum atomic E-state index is 0.287. The van der Waals surface area contributed by atoms with Gasteiger partial charge in [-0.15, -0.1) is 0 Å². The highest BCUT2D eigenvalue weighted by atomic mass is 79.9. The second-order valence-corrected chi connectivity index (χ2v) is 3.84. The Morgan fingerprint density at radius 1 is 1.08 bits per heavy atom. The fraction of sp³-hybridized carbons (Fsp3) is 0.333. The van der Waals surface area contributed by atoms with E-state index in [9.17, 15) is 0 Å². The number of halogens is 1. The van der Waals surface area contributed by atoms with Crippen molar-refractivity contribution in [3.8, 4) is 0 Å². The van der Waals surface area contributed by atoms with E-state index in [1.165, 1.54) is 11.4 Å². The highest BCUT2D eigenvalue weighted by Crippen LogP contribution is 2.38. The molecule has 0 aliphatic carbocycles. The summed E-state index contributed by atoms with van der Waals surface area (Å²) in [5.41, 5.74) is 2.56. The first kappa shape index (κ1) is 7.92. The summed E-state index contributed by atoms with van der Waals surface area (Å²) in [4.78, 5) is 4.41. The molecule has 3 heteroatoms. The number of nitrogens with zero attached hydrogens (tertiary/aromatic N) is 2. The van der Waals surface area contributed by atoms with Crippen LogP contribution in [0.5, 0.6) is 0 Å². The van der Waals surface area contributed by atoms with Gasteiger partial charge in [0.2, 0.25) is 0 Å². The molecule has 2 rings (SSSR count). The maximum Gasteiger partial charge on any atom is 0.159 e. The Labute approximate surface area is 80.9 Å². The molecule has 12 heavy (non-hydrogen) atoms. The first-order valence-electron chi connectivity index (χ1n) is 3.90. The summed E-state index contributed by atoms with van der Waals surface area (Å²) < 4.78 is 0. The van der Waals surface area contributed by atoms with Gasteiger partial charge in [-0.2, -0.15) is 0 Å². The van der Waals surface area contributed by atoms with E-state index in [-0.39, 0.29) is 5.08 Å². The average Bonchev–Trinajstić information content (AvgIpc) is 2.33. The van der Waals surface area contributed by atoms with E-state index < -0.39 is 0 Å². The van der Waals surface area contributed by atoms with Gasteiger partial charge in [0.25, 0.3) is 0 Å². The zero-order chi connectivity index (χ0) is 8.72. The van der Waals surface area contributed by atoms with Crippen molar-refractivity contribution in [3.63, 3.8) is 0 Å². The number of rotatable bonds is 0. The lowest BCUT2D eigenvalue weighted by Crippen LogP contribution is -2.33. The topological polar surface area (TPSA) is 6.48 Å². The predicted molar refractivity (Wildman–Crippen MR) is 56.0 cm³/mol. The Morgan fingerprint density at radius 3 is 1.92 bits per heavy atom. The standard InChI is InChI=1S/C9H11BrN2/c1-11-7-5-3-4-6-8(7)12(2)9(11)10/h3-6,9H,1-2H3. The Morgan fingerprint density at radius 2 is 1.50 bits per heavy atom. The van der Waals surface area contributed by atoms with Crippen LogP contribution in [0.15, 0.2) is 24.3 Å². The van der Waals surface area contributed by atoms with Crippen molar-refractivity contribution in [2.24, 2.45) is 0 Å². The smallest absolute Gasteiger partial charge is 0.159 e. The number of alkyl halides is 1. The Kier molecular flexibility index (Phi) is 1.76. The first-order chi connectivity index (χ1) is 5.72. The van der Waals surface area contributed by atoms with Crippen molar-refractivity contribution >= 4 is 27.3 Å². The highest BCUT2D eigenvalue weighted by Gasteiger charge is 2.27. The molecule has 1 aliphatic rings. The number of anilines is 2. The van der Waals surface area contributed by atoms with Crippen LogP contribution in [0.2, 0.25) is 0 Å². The van der Waals surface area contributed by atoms with Gasteiger partial charge in [-0.05, 0) is 28.1 Å². The van der Waals surface area contributed by atoms with E-state index in [2.05, 4.69) is 64.1 Å². The van der Waals surface area contributed by atoms with Crippen molar-refractivity contribution in [1.82, 2.24) is 0 Å². The molecule has 0 amide bonds. The van der Waals surface area contributed by atoms with Crippen LogP contribution in [-0.4, -0.2) is 19.2 Å². The lowest BCUT2D eigenvalue weighted by atomic mass is 10.3. The molecule has 0 fully saturated rings. The SMILES string of the molecule is CN1c2ccccc2N(C)C1Br. The normalized spacial score (nSPS) is 16.9. The monoisotopic (exact) mass is 226 g/mol. The van der Waals surface area contributed by atoms with Gasteiger partial charge in [-0.1, -0.05) is 12.1 Å². The van der Waals surface area contributed by atoms with Crippen LogP contribution in [0.1, 0.15) is 0 Å². The fourth-order valence-electron chi connectivity index (χ4n) is 1.55. The molecule has 64 valence electrons. The average molecular weight is 227 g/mol. The molecule has 1 aromatic rings. The van der Waals surface area contributed by atoms with Crippen LogP contribution in [0, 0.1) is 0 Å². The van der Waals surface area contributed by atoms with Crippen LogP contribution in [0.3, 0.4) is 0 Å². The molecule has 0 bridgehead atoms. The second kappa shape index (κ2) is 2.66. The molecule has 0 spiro atoms. The molecular formula is C9H11BrN2. The molecule has 0 saturated carbocycles. The molecule has 1 aromatic carbocycles. The molecule has 1 aliphatic heterocycles. The molecule has 1 heterocycles. The van der Waals surface area contributed by atoms with Crippen molar-refractivity contribution in [2.75, 3.05) is 23.9 Å². The number of hydrogen-bond acceptors (Lipinski definition) is 2. The number of hydrogen-bond donors (Lipinski definition) is 0. The third-order valence-electron chi connectivity index (χ3n) is 2.28. The minimum absolute atomic E-state index is 0.287. The Balaban J connectivity index is 2.52. The summed E-state index contributed by atoms with van der Waals surface area (Å²) in [7, 11) is 4.17. The van der Waals surface area contributed by atoms with E-state index in [4.69, 9.17) is 0 Å².